The summed E-state index contributed by atoms with van der Waals surface area (Å²) in [5, 5.41) is 12.1. The van der Waals surface area contributed by atoms with E-state index in [0.29, 0.717) is 13.0 Å². The lowest BCUT2D eigenvalue weighted by Gasteiger charge is -1.98. The molecule has 0 radical (unpaired) electrons. The number of carbonyl (C=O) groups is 1. The van der Waals surface area contributed by atoms with Gasteiger partial charge in [-0.1, -0.05) is 0 Å². The van der Waals surface area contributed by atoms with Crippen LogP contribution >= 0.6 is 11.3 Å². The molecule has 2 rings (SSSR count). The van der Waals surface area contributed by atoms with E-state index in [0.717, 1.165) is 16.5 Å². The average molecular weight is 263 g/mol. The second kappa shape index (κ2) is 6.06. The second-order valence-corrected chi connectivity index (χ2v) is 4.66. The van der Waals surface area contributed by atoms with Crippen LogP contribution in [0.15, 0.2) is 17.8 Å². The van der Waals surface area contributed by atoms with Crippen LogP contribution in [0.1, 0.15) is 16.5 Å². The van der Waals surface area contributed by atoms with Crippen LogP contribution in [0.2, 0.25) is 0 Å². The lowest BCUT2D eigenvalue weighted by atomic mass is 10.3. The zero-order valence-electron chi connectivity index (χ0n) is 9.88. The Kier molecular flexibility index (Phi) is 4.19. The normalized spacial score (nSPS) is 10.9. The Bertz CT molecular complexity index is 531. The summed E-state index contributed by atoms with van der Waals surface area (Å²) in [6.45, 7) is 2.45. The first-order valence-corrected chi connectivity index (χ1v) is 6.34. The maximum absolute atomic E-state index is 11.5. The molecule has 2 N–H and O–H groups in total. The van der Waals surface area contributed by atoms with Crippen molar-refractivity contribution in [2.75, 3.05) is 6.54 Å². The number of aromatic amines is 1. The van der Waals surface area contributed by atoms with Crippen molar-refractivity contribution < 1.29 is 4.79 Å². The van der Waals surface area contributed by atoms with E-state index >= 15 is 0 Å². The van der Waals surface area contributed by atoms with Gasteiger partial charge in [-0.15, -0.1) is 11.3 Å². The van der Waals surface area contributed by atoms with Crippen molar-refractivity contribution in [2.24, 2.45) is 0 Å². The van der Waals surface area contributed by atoms with Gasteiger partial charge in [-0.3, -0.25) is 9.89 Å². The number of aromatic nitrogens is 4. The highest BCUT2D eigenvalue weighted by Gasteiger charge is 1.99. The van der Waals surface area contributed by atoms with Gasteiger partial charge < -0.3 is 5.32 Å². The van der Waals surface area contributed by atoms with Gasteiger partial charge in [0.15, 0.2) is 0 Å². The minimum absolute atomic E-state index is 0.139. The Morgan fingerprint density at radius 3 is 3.17 bits per heavy atom. The molecule has 0 unspecified atom stereocenters. The molecular formula is C11H13N5OS. The van der Waals surface area contributed by atoms with Crippen LogP contribution in [0.5, 0.6) is 0 Å². The molecule has 0 aliphatic heterocycles. The van der Waals surface area contributed by atoms with E-state index in [1.807, 2.05) is 12.3 Å². The summed E-state index contributed by atoms with van der Waals surface area (Å²) < 4.78 is 0. The van der Waals surface area contributed by atoms with Gasteiger partial charge in [0.2, 0.25) is 5.91 Å². The molecule has 0 saturated heterocycles. The Labute approximate surface area is 108 Å². The monoisotopic (exact) mass is 263 g/mol. The summed E-state index contributed by atoms with van der Waals surface area (Å²) in [6, 6.07) is 0. The van der Waals surface area contributed by atoms with Crippen molar-refractivity contribution >= 4 is 23.3 Å². The van der Waals surface area contributed by atoms with Gasteiger partial charge in [0.1, 0.15) is 12.2 Å². The molecule has 0 atom stereocenters. The van der Waals surface area contributed by atoms with Crippen molar-refractivity contribution in [2.45, 2.75) is 13.3 Å². The lowest BCUT2D eigenvalue weighted by Crippen LogP contribution is -2.23. The van der Waals surface area contributed by atoms with E-state index < -0.39 is 0 Å². The summed E-state index contributed by atoms with van der Waals surface area (Å²) in [7, 11) is 0. The van der Waals surface area contributed by atoms with Crippen molar-refractivity contribution in [3.8, 4) is 0 Å². The standard InChI is InChI=1S/C11H13N5OS/c1-8-15-9(6-18-8)2-3-11(17)12-5-4-10-13-7-14-16-10/h2-3,6-7H,4-5H2,1H3,(H,12,17)(H,13,14,16)/b3-2+. The summed E-state index contributed by atoms with van der Waals surface area (Å²) in [6.07, 6.45) is 5.26. The van der Waals surface area contributed by atoms with Crippen LogP contribution in [-0.4, -0.2) is 32.6 Å². The number of carbonyl (C=O) groups excluding carboxylic acids is 1. The molecule has 2 aromatic rings. The predicted octanol–water partition coefficient (Wildman–Crippen LogP) is 0.942. The van der Waals surface area contributed by atoms with E-state index in [-0.39, 0.29) is 5.91 Å². The summed E-state index contributed by atoms with van der Waals surface area (Å²) in [5.74, 6) is 0.620. The molecule has 0 spiro atoms. The maximum Gasteiger partial charge on any atom is 0.244 e. The van der Waals surface area contributed by atoms with E-state index in [1.54, 1.807) is 17.4 Å². The van der Waals surface area contributed by atoms with Crippen LogP contribution in [-0.2, 0) is 11.2 Å². The lowest BCUT2D eigenvalue weighted by molar-refractivity contribution is -0.116. The van der Waals surface area contributed by atoms with E-state index in [2.05, 4.69) is 25.5 Å². The Morgan fingerprint density at radius 2 is 2.50 bits per heavy atom. The first-order chi connectivity index (χ1) is 8.74. The minimum atomic E-state index is -0.139. The van der Waals surface area contributed by atoms with Crippen molar-refractivity contribution in [3.63, 3.8) is 0 Å². The van der Waals surface area contributed by atoms with Gasteiger partial charge in [0.25, 0.3) is 0 Å². The zero-order valence-corrected chi connectivity index (χ0v) is 10.7. The zero-order chi connectivity index (χ0) is 12.8. The van der Waals surface area contributed by atoms with Crippen LogP contribution in [0.25, 0.3) is 6.08 Å². The third kappa shape index (κ3) is 3.77. The molecule has 0 aliphatic carbocycles. The van der Waals surface area contributed by atoms with E-state index in [4.69, 9.17) is 0 Å². The fourth-order valence-electron chi connectivity index (χ4n) is 1.33. The van der Waals surface area contributed by atoms with Gasteiger partial charge in [-0.2, -0.15) is 5.10 Å². The van der Waals surface area contributed by atoms with Gasteiger partial charge in [0, 0.05) is 24.4 Å². The van der Waals surface area contributed by atoms with Crippen molar-refractivity contribution in [1.82, 2.24) is 25.5 Å². The molecule has 0 bridgehead atoms. The summed E-state index contributed by atoms with van der Waals surface area (Å²) in [4.78, 5) is 19.7. The maximum atomic E-state index is 11.5. The molecule has 2 heterocycles. The smallest absolute Gasteiger partial charge is 0.244 e. The van der Waals surface area contributed by atoms with Crippen molar-refractivity contribution in [1.29, 1.82) is 0 Å². The molecule has 1 amide bonds. The molecule has 0 aromatic carbocycles. The fraction of sp³-hybridized carbons (Fsp3) is 0.273. The second-order valence-electron chi connectivity index (χ2n) is 3.60. The summed E-state index contributed by atoms with van der Waals surface area (Å²) >= 11 is 1.56. The van der Waals surface area contributed by atoms with Gasteiger partial charge in [-0.25, -0.2) is 9.97 Å². The predicted molar refractivity (Wildman–Crippen MR) is 69.0 cm³/mol. The molecule has 0 saturated carbocycles. The molecule has 0 fully saturated rings. The molecule has 6 nitrogen and oxygen atoms in total. The first-order valence-electron chi connectivity index (χ1n) is 5.46. The Morgan fingerprint density at radius 1 is 1.61 bits per heavy atom. The highest BCUT2D eigenvalue weighted by molar-refractivity contribution is 7.09. The highest BCUT2D eigenvalue weighted by atomic mass is 32.1. The fourth-order valence-corrected chi connectivity index (χ4v) is 1.91. The molecule has 7 heteroatoms. The number of hydrogen-bond acceptors (Lipinski definition) is 5. The van der Waals surface area contributed by atoms with Gasteiger partial charge in [0.05, 0.1) is 10.7 Å². The highest BCUT2D eigenvalue weighted by Crippen LogP contribution is 2.08. The minimum Gasteiger partial charge on any atom is -0.352 e. The Balaban J connectivity index is 1.73. The van der Waals surface area contributed by atoms with Crippen LogP contribution in [0.4, 0.5) is 0 Å². The largest absolute Gasteiger partial charge is 0.352 e. The van der Waals surface area contributed by atoms with Crippen molar-refractivity contribution in [3.05, 3.63) is 34.3 Å². The Hall–Kier alpha value is -2.02. The third-order valence-corrected chi connectivity index (χ3v) is 2.96. The number of H-pyrrole nitrogens is 1. The average Bonchev–Trinajstić information content (AvgIpc) is 2.98. The summed E-state index contributed by atoms with van der Waals surface area (Å²) in [5.41, 5.74) is 0.808. The van der Waals surface area contributed by atoms with Crippen LogP contribution < -0.4 is 5.32 Å². The number of nitrogens with one attached hydrogen (secondary N) is 2. The molecule has 94 valence electrons. The quantitative estimate of drug-likeness (QED) is 0.786. The number of aryl methyl sites for hydroxylation is 1. The third-order valence-electron chi connectivity index (χ3n) is 2.17. The topological polar surface area (TPSA) is 83.6 Å². The molecule has 18 heavy (non-hydrogen) atoms. The van der Waals surface area contributed by atoms with E-state index in [9.17, 15) is 4.79 Å². The number of amides is 1. The van der Waals surface area contributed by atoms with Gasteiger partial charge in [-0.05, 0) is 13.0 Å². The van der Waals surface area contributed by atoms with Gasteiger partial charge >= 0.3 is 0 Å². The number of hydrogen-bond donors (Lipinski definition) is 2. The SMILES string of the molecule is Cc1nc(/C=C/C(=O)NCCc2ncn[nH]2)cs1. The molecule has 2 aromatic heterocycles. The number of nitrogens with zero attached hydrogens (tertiary/aromatic N) is 3. The number of rotatable bonds is 5. The number of thiazole rings is 1. The first kappa shape index (κ1) is 12.4. The molecule has 0 aliphatic rings. The van der Waals surface area contributed by atoms with E-state index in [1.165, 1.54) is 12.4 Å². The van der Waals surface area contributed by atoms with Crippen LogP contribution in [0.3, 0.4) is 0 Å². The molecular weight excluding hydrogens is 250 g/mol. The van der Waals surface area contributed by atoms with Crippen LogP contribution in [0, 0.1) is 6.92 Å².